The van der Waals surface area contributed by atoms with Crippen molar-refractivity contribution in [2.75, 3.05) is 46.3 Å². The predicted octanol–water partition coefficient (Wildman–Crippen LogP) is 3.24. The van der Waals surface area contributed by atoms with Gasteiger partial charge in [0.2, 0.25) is 11.9 Å². The van der Waals surface area contributed by atoms with Gasteiger partial charge in [-0.25, -0.2) is 32.7 Å². The van der Waals surface area contributed by atoms with Gasteiger partial charge in [0.25, 0.3) is 0 Å². The van der Waals surface area contributed by atoms with Crippen molar-refractivity contribution in [3.8, 4) is 0 Å². The van der Waals surface area contributed by atoms with Crippen LogP contribution in [0.2, 0.25) is 0 Å². The van der Waals surface area contributed by atoms with Gasteiger partial charge in [-0.15, -0.1) is 0 Å². The average Bonchev–Trinajstić information content (AvgIpc) is 2.91. The highest BCUT2D eigenvalue weighted by Crippen LogP contribution is 2.38. The molecule has 5 rings (SSSR count). The third kappa shape index (κ3) is 5.53. The van der Waals surface area contributed by atoms with Crippen LogP contribution >= 0.6 is 0 Å². The first-order chi connectivity index (χ1) is 18.9. The molecule has 0 radical (unpaired) electrons. The third-order valence-electron chi connectivity index (χ3n) is 8.14. The summed E-state index contributed by atoms with van der Waals surface area (Å²) in [5.74, 6) is 2.55. The van der Waals surface area contributed by atoms with E-state index < -0.39 is 21.6 Å². The first-order valence-electron chi connectivity index (χ1n) is 13.7. The molecule has 4 atom stereocenters. The minimum atomic E-state index is -3.05. The summed E-state index contributed by atoms with van der Waals surface area (Å²) in [5.41, 5.74) is -0.691. The quantitative estimate of drug-likeness (QED) is 0.411. The van der Waals surface area contributed by atoms with Crippen LogP contribution in [0.25, 0.3) is 10.8 Å². The van der Waals surface area contributed by atoms with Crippen molar-refractivity contribution in [3.63, 3.8) is 0 Å². The lowest BCUT2D eigenvalue weighted by Crippen LogP contribution is -2.57. The maximum absolute atomic E-state index is 14.7. The Bertz CT molecular complexity index is 1500. The van der Waals surface area contributed by atoms with Crippen LogP contribution in [-0.4, -0.2) is 87.4 Å². The lowest BCUT2D eigenvalue weighted by atomic mass is 9.90. The van der Waals surface area contributed by atoms with Crippen LogP contribution in [0.4, 0.5) is 27.9 Å². The molecule has 216 valence electrons. The lowest BCUT2D eigenvalue weighted by molar-refractivity contribution is -0.00860. The van der Waals surface area contributed by atoms with E-state index in [2.05, 4.69) is 44.0 Å². The summed E-state index contributed by atoms with van der Waals surface area (Å²) in [5, 5.41) is 15.0. The molecule has 0 saturated carbocycles. The summed E-state index contributed by atoms with van der Waals surface area (Å²) in [6.07, 6.45) is 4.29. The zero-order chi connectivity index (χ0) is 28.8. The Kier molecular flexibility index (Phi) is 7.55. The molecule has 40 heavy (non-hydrogen) atoms. The fraction of sp³-hybridized carbons (Fsp3) is 0.593. The minimum absolute atomic E-state index is 0.0144. The summed E-state index contributed by atoms with van der Waals surface area (Å²) in [7, 11) is -3.05. The van der Waals surface area contributed by atoms with Crippen molar-refractivity contribution in [1.29, 1.82) is 0 Å². The zero-order valence-electron chi connectivity index (χ0n) is 23.5. The number of hydrogen-bond donors (Lipinski definition) is 2. The van der Waals surface area contributed by atoms with Crippen molar-refractivity contribution >= 4 is 44.1 Å². The number of halogens is 1. The number of aliphatic hydroxyl groups is 1. The average molecular weight is 573 g/mol. The fourth-order valence-corrected chi connectivity index (χ4v) is 6.70. The van der Waals surface area contributed by atoms with Gasteiger partial charge in [-0.3, -0.25) is 0 Å². The smallest absolute Gasteiger partial charge is 0.233 e. The molecule has 0 aliphatic carbocycles. The fourth-order valence-electron chi connectivity index (χ4n) is 5.42. The highest BCUT2D eigenvalue weighted by atomic mass is 32.2. The van der Waals surface area contributed by atoms with Gasteiger partial charge in [-0.2, -0.15) is 4.98 Å². The van der Waals surface area contributed by atoms with Crippen molar-refractivity contribution in [2.45, 2.75) is 64.8 Å². The molecule has 2 fully saturated rings. The van der Waals surface area contributed by atoms with E-state index in [0.29, 0.717) is 24.9 Å². The Balaban J connectivity index is 1.40. The van der Waals surface area contributed by atoms with E-state index in [1.165, 1.54) is 13.3 Å². The number of alkyl halides is 1. The number of anilines is 4. The molecule has 3 aromatic rings. The van der Waals surface area contributed by atoms with E-state index in [-0.39, 0.29) is 48.3 Å². The molecular weight excluding hydrogens is 535 g/mol. The maximum atomic E-state index is 14.7. The summed E-state index contributed by atoms with van der Waals surface area (Å²) in [6, 6.07) is 1.99. The first-order valence-corrected chi connectivity index (χ1v) is 15.5. The highest BCUT2D eigenvalue weighted by molar-refractivity contribution is 7.91. The molecule has 2 saturated heterocycles. The maximum Gasteiger partial charge on any atom is 0.233 e. The largest absolute Gasteiger partial charge is 0.390 e. The molecule has 0 unspecified atom stereocenters. The summed E-state index contributed by atoms with van der Waals surface area (Å²) in [4.78, 5) is 26.2. The van der Waals surface area contributed by atoms with Gasteiger partial charge in [0.15, 0.2) is 5.67 Å². The molecule has 2 aliphatic heterocycles. The molecule has 2 aliphatic rings. The normalized spacial score (nSPS) is 25.4. The number of aromatic nitrogens is 5. The lowest BCUT2D eigenvalue weighted by Gasteiger charge is -2.47. The van der Waals surface area contributed by atoms with Gasteiger partial charge in [-0.1, -0.05) is 20.8 Å². The Morgan fingerprint density at radius 1 is 1.20 bits per heavy atom. The second-order valence-corrected chi connectivity index (χ2v) is 13.8. The van der Waals surface area contributed by atoms with Gasteiger partial charge in [0, 0.05) is 48.6 Å². The number of aliphatic hydroxyl groups excluding tert-OH is 1. The second kappa shape index (κ2) is 10.7. The standard InChI is InChI=1S/C27H37FN8O3S/c1-6-40(38,39)13-18-12-36(17(18)4)24-21-11-29-23(9-19(21)20(10-30-24)16(2)3)33-25-31-15-32-26(34-25)35-8-7-22(37)27(5,28)14-35/h9-11,15-18,22,37H,6-8,12-14H2,1-5H3,(H,29,31,32,33,34)/t17-,18-,22-,27-/m1/s1. The SMILES string of the molecule is CCS(=O)(=O)C[C@H]1CN(c2ncc(C(C)C)c3cc(Nc4ncnc(N5CC[C@@H](O)[C@](C)(F)C5)n4)ncc23)[C@@H]1C. The number of sulfone groups is 1. The van der Waals surface area contributed by atoms with Crippen molar-refractivity contribution in [2.24, 2.45) is 5.92 Å². The van der Waals surface area contributed by atoms with Gasteiger partial charge in [0.1, 0.15) is 27.8 Å². The number of piperidine rings is 1. The number of hydrogen-bond acceptors (Lipinski definition) is 11. The summed E-state index contributed by atoms with van der Waals surface area (Å²) in [6.45, 7) is 10.4. The molecule has 13 heteroatoms. The van der Waals surface area contributed by atoms with Crippen LogP contribution in [-0.2, 0) is 9.84 Å². The predicted molar refractivity (Wildman–Crippen MR) is 154 cm³/mol. The Labute approximate surface area is 234 Å². The Hall–Kier alpha value is -3.19. The van der Waals surface area contributed by atoms with Crippen LogP contribution in [0.3, 0.4) is 0 Å². The van der Waals surface area contributed by atoms with Crippen LogP contribution in [0.5, 0.6) is 0 Å². The van der Waals surface area contributed by atoms with E-state index in [9.17, 15) is 17.9 Å². The van der Waals surface area contributed by atoms with Crippen LogP contribution in [0.1, 0.15) is 52.5 Å². The number of rotatable bonds is 8. The van der Waals surface area contributed by atoms with Gasteiger partial charge in [0.05, 0.1) is 18.4 Å². The van der Waals surface area contributed by atoms with Crippen molar-refractivity contribution < 1.29 is 17.9 Å². The van der Waals surface area contributed by atoms with E-state index in [1.54, 1.807) is 18.0 Å². The van der Waals surface area contributed by atoms with Gasteiger partial charge >= 0.3 is 0 Å². The molecule has 0 bridgehead atoms. The molecule has 3 aromatic heterocycles. The number of nitrogens with zero attached hydrogens (tertiary/aromatic N) is 7. The van der Waals surface area contributed by atoms with Gasteiger partial charge in [-0.05, 0) is 43.2 Å². The minimum Gasteiger partial charge on any atom is -0.390 e. The highest BCUT2D eigenvalue weighted by Gasteiger charge is 2.40. The van der Waals surface area contributed by atoms with E-state index >= 15 is 0 Å². The Morgan fingerprint density at radius 2 is 1.98 bits per heavy atom. The molecule has 5 heterocycles. The first kappa shape index (κ1) is 28.3. The van der Waals surface area contributed by atoms with E-state index in [4.69, 9.17) is 4.98 Å². The van der Waals surface area contributed by atoms with E-state index in [1.807, 2.05) is 19.2 Å². The molecule has 0 spiro atoms. The zero-order valence-corrected chi connectivity index (χ0v) is 24.4. The van der Waals surface area contributed by atoms with Crippen LogP contribution in [0, 0.1) is 5.92 Å². The summed E-state index contributed by atoms with van der Waals surface area (Å²) < 4.78 is 39.1. The molecule has 0 aromatic carbocycles. The topological polar surface area (TPSA) is 137 Å². The molecule has 0 amide bonds. The number of pyridine rings is 2. The van der Waals surface area contributed by atoms with Crippen LogP contribution in [0.15, 0.2) is 24.8 Å². The van der Waals surface area contributed by atoms with Crippen molar-refractivity contribution in [3.05, 3.63) is 30.4 Å². The van der Waals surface area contributed by atoms with Crippen molar-refractivity contribution in [1.82, 2.24) is 24.9 Å². The molecule has 11 nitrogen and oxygen atoms in total. The summed E-state index contributed by atoms with van der Waals surface area (Å²) >= 11 is 0. The van der Waals surface area contributed by atoms with Crippen LogP contribution < -0.4 is 15.1 Å². The monoisotopic (exact) mass is 572 g/mol. The molecule has 2 N–H and O–H groups in total. The number of nitrogens with one attached hydrogen (secondary N) is 1. The number of fused-ring (bicyclic) bond motifs is 1. The molecular formula is C27H37FN8O3S. The Morgan fingerprint density at radius 3 is 2.65 bits per heavy atom. The second-order valence-electron chi connectivity index (χ2n) is 11.4. The van der Waals surface area contributed by atoms with E-state index in [0.717, 1.165) is 22.2 Å². The third-order valence-corrected chi connectivity index (χ3v) is 9.95. The van der Waals surface area contributed by atoms with Gasteiger partial charge < -0.3 is 20.2 Å².